The largest absolute Gasteiger partial charge is 0.321 e. The molecule has 0 aliphatic carbocycles. The van der Waals surface area contributed by atoms with Crippen molar-refractivity contribution in [3.05, 3.63) is 29.8 Å². The van der Waals surface area contributed by atoms with Crippen molar-refractivity contribution in [2.45, 2.75) is 37.9 Å². The van der Waals surface area contributed by atoms with Gasteiger partial charge < -0.3 is 4.90 Å². The maximum absolute atomic E-state index is 12.2. The molecule has 1 fully saturated rings. The van der Waals surface area contributed by atoms with E-state index >= 15 is 0 Å². The summed E-state index contributed by atoms with van der Waals surface area (Å²) in [6, 6.07) is 8.36. The number of carbonyl (C=O) groups is 1. The average molecular weight is 278 g/mol. The minimum atomic E-state index is -0.0935. The van der Waals surface area contributed by atoms with Gasteiger partial charge in [-0.15, -0.1) is 11.8 Å². The number of nitrogens with one attached hydrogen (secondary N) is 1. The highest BCUT2D eigenvalue weighted by Gasteiger charge is 2.36. The lowest BCUT2D eigenvalue weighted by Crippen LogP contribution is -2.33. The molecule has 2 unspecified atom stereocenters. The number of rotatable bonds is 4. The third-order valence-electron chi connectivity index (χ3n) is 3.37. The van der Waals surface area contributed by atoms with Crippen LogP contribution in [0.15, 0.2) is 29.2 Å². The van der Waals surface area contributed by atoms with Gasteiger partial charge in [-0.05, 0) is 36.8 Å². The van der Waals surface area contributed by atoms with Gasteiger partial charge in [0.2, 0.25) is 5.91 Å². The van der Waals surface area contributed by atoms with Crippen LogP contribution in [0.25, 0.3) is 0 Å². The van der Waals surface area contributed by atoms with Gasteiger partial charge in [0.25, 0.3) is 0 Å². The second-order valence-electron chi connectivity index (χ2n) is 5.45. The molecule has 1 saturated heterocycles. The summed E-state index contributed by atoms with van der Waals surface area (Å²) in [6.45, 7) is 7.02. The van der Waals surface area contributed by atoms with Crippen molar-refractivity contribution in [2.75, 3.05) is 12.8 Å². The Morgan fingerprint density at radius 2 is 1.95 bits per heavy atom. The van der Waals surface area contributed by atoms with Gasteiger partial charge in [-0.25, -0.2) is 0 Å². The molecule has 104 valence electrons. The van der Waals surface area contributed by atoms with Crippen LogP contribution >= 0.6 is 11.8 Å². The van der Waals surface area contributed by atoms with Crippen molar-refractivity contribution in [3.8, 4) is 0 Å². The Labute approximate surface area is 119 Å². The lowest BCUT2D eigenvalue weighted by Gasteiger charge is -2.26. The van der Waals surface area contributed by atoms with Crippen molar-refractivity contribution in [1.29, 1.82) is 0 Å². The highest BCUT2D eigenvalue weighted by Crippen LogP contribution is 2.27. The van der Waals surface area contributed by atoms with Crippen molar-refractivity contribution < 1.29 is 4.79 Å². The minimum Gasteiger partial charge on any atom is -0.321 e. The van der Waals surface area contributed by atoms with Crippen molar-refractivity contribution in [2.24, 2.45) is 5.92 Å². The van der Waals surface area contributed by atoms with Gasteiger partial charge in [0, 0.05) is 11.4 Å². The zero-order valence-electron chi connectivity index (χ0n) is 12.0. The van der Waals surface area contributed by atoms with E-state index in [4.69, 9.17) is 0 Å². The summed E-state index contributed by atoms with van der Waals surface area (Å²) in [5, 5.41) is 3.38. The number of thioether (sulfide) groups is 1. The summed E-state index contributed by atoms with van der Waals surface area (Å²) in [7, 11) is 0. The lowest BCUT2D eigenvalue weighted by molar-refractivity contribution is -0.130. The smallest absolute Gasteiger partial charge is 0.241 e. The first kappa shape index (κ1) is 14.4. The minimum absolute atomic E-state index is 0.0146. The van der Waals surface area contributed by atoms with Crippen LogP contribution < -0.4 is 5.32 Å². The molecule has 0 aromatic heterocycles. The molecule has 0 saturated carbocycles. The van der Waals surface area contributed by atoms with Crippen LogP contribution in [0.1, 0.15) is 32.5 Å². The molecule has 1 aliphatic heterocycles. The lowest BCUT2D eigenvalue weighted by atomic mass is 10.1. The number of carbonyl (C=O) groups excluding carboxylic acids is 1. The summed E-state index contributed by atoms with van der Waals surface area (Å²) in [4.78, 5) is 15.4. The van der Waals surface area contributed by atoms with Crippen LogP contribution in [0.5, 0.6) is 0 Å². The molecule has 1 aliphatic rings. The summed E-state index contributed by atoms with van der Waals surface area (Å²) in [5.41, 5.74) is 1.16. The average Bonchev–Trinajstić information content (AvgIpc) is 2.67. The third kappa shape index (κ3) is 3.12. The zero-order chi connectivity index (χ0) is 14.0. The topological polar surface area (TPSA) is 32.3 Å². The molecular weight excluding hydrogens is 256 g/mol. The van der Waals surface area contributed by atoms with E-state index in [1.165, 1.54) is 4.90 Å². The molecule has 1 heterocycles. The number of benzene rings is 1. The molecule has 0 radical (unpaired) electrons. The molecule has 2 rings (SSSR count). The standard InChI is InChI=1S/C15H22N2OS/c1-10(2)9-17-14(16-11(3)15(17)18)12-5-7-13(19-4)8-6-12/h5-8,10-11,14,16H,9H2,1-4H3. The van der Waals surface area contributed by atoms with Crippen LogP contribution in [0, 0.1) is 5.92 Å². The number of amides is 1. The molecule has 1 aromatic carbocycles. The van der Waals surface area contributed by atoms with Gasteiger partial charge in [0.1, 0.15) is 6.17 Å². The van der Waals surface area contributed by atoms with E-state index in [0.717, 1.165) is 12.1 Å². The summed E-state index contributed by atoms with van der Waals surface area (Å²) in [5.74, 6) is 0.677. The maximum atomic E-state index is 12.2. The van der Waals surface area contributed by atoms with E-state index in [0.29, 0.717) is 5.92 Å². The highest BCUT2D eigenvalue weighted by molar-refractivity contribution is 7.98. The molecule has 19 heavy (non-hydrogen) atoms. The second kappa shape index (κ2) is 5.97. The first-order chi connectivity index (χ1) is 9.02. The fourth-order valence-electron chi connectivity index (χ4n) is 2.43. The number of hydrogen-bond donors (Lipinski definition) is 1. The summed E-state index contributed by atoms with van der Waals surface area (Å²) < 4.78 is 0. The van der Waals surface area contributed by atoms with Crippen molar-refractivity contribution in [1.82, 2.24) is 10.2 Å². The Hall–Kier alpha value is -1.00. The Morgan fingerprint density at radius 1 is 1.32 bits per heavy atom. The fourth-order valence-corrected chi connectivity index (χ4v) is 2.83. The fraction of sp³-hybridized carbons (Fsp3) is 0.533. The van der Waals surface area contributed by atoms with Gasteiger partial charge in [0.05, 0.1) is 6.04 Å². The van der Waals surface area contributed by atoms with E-state index in [1.807, 2.05) is 11.8 Å². The van der Waals surface area contributed by atoms with Crippen LogP contribution in [0.4, 0.5) is 0 Å². The van der Waals surface area contributed by atoms with Crippen LogP contribution in [0.3, 0.4) is 0 Å². The zero-order valence-corrected chi connectivity index (χ0v) is 12.8. The SMILES string of the molecule is CSc1ccc(C2NC(C)C(=O)N2CC(C)C)cc1. The predicted molar refractivity (Wildman–Crippen MR) is 80.1 cm³/mol. The third-order valence-corrected chi connectivity index (χ3v) is 4.11. The monoisotopic (exact) mass is 278 g/mol. The first-order valence-electron chi connectivity index (χ1n) is 6.73. The van der Waals surface area contributed by atoms with Gasteiger partial charge in [0.15, 0.2) is 0 Å². The molecule has 2 atom stereocenters. The van der Waals surface area contributed by atoms with Gasteiger partial charge in [-0.3, -0.25) is 10.1 Å². The molecule has 1 N–H and O–H groups in total. The van der Waals surface area contributed by atoms with E-state index < -0.39 is 0 Å². The van der Waals surface area contributed by atoms with Gasteiger partial charge in [-0.2, -0.15) is 0 Å². The van der Waals surface area contributed by atoms with Crippen LogP contribution in [0.2, 0.25) is 0 Å². The summed E-state index contributed by atoms with van der Waals surface area (Å²) >= 11 is 1.73. The molecule has 4 heteroatoms. The van der Waals surface area contributed by atoms with E-state index in [2.05, 4.69) is 49.7 Å². The molecule has 1 aromatic rings. The van der Waals surface area contributed by atoms with E-state index in [1.54, 1.807) is 11.8 Å². The normalized spacial score (nSPS) is 23.4. The molecule has 3 nitrogen and oxygen atoms in total. The van der Waals surface area contributed by atoms with Crippen molar-refractivity contribution in [3.63, 3.8) is 0 Å². The van der Waals surface area contributed by atoms with E-state index in [-0.39, 0.29) is 18.1 Å². The summed E-state index contributed by atoms with van der Waals surface area (Å²) in [6.07, 6.45) is 2.08. The number of nitrogens with zero attached hydrogens (tertiary/aromatic N) is 1. The molecule has 0 bridgehead atoms. The highest BCUT2D eigenvalue weighted by atomic mass is 32.2. The molecular formula is C15H22N2OS. The first-order valence-corrected chi connectivity index (χ1v) is 7.96. The Morgan fingerprint density at radius 3 is 2.47 bits per heavy atom. The van der Waals surface area contributed by atoms with E-state index in [9.17, 15) is 4.79 Å². The maximum Gasteiger partial charge on any atom is 0.241 e. The van der Waals surface area contributed by atoms with Crippen LogP contribution in [-0.4, -0.2) is 29.6 Å². The second-order valence-corrected chi connectivity index (χ2v) is 6.33. The number of hydrogen-bond acceptors (Lipinski definition) is 3. The predicted octanol–water partition coefficient (Wildman–Crippen LogP) is 2.88. The molecule has 1 amide bonds. The Balaban J connectivity index is 2.22. The Kier molecular flexibility index (Phi) is 4.53. The quantitative estimate of drug-likeness (QED) is 0.860. The van der Waals surface area contributed by atoms with Crippen molar-refractivity contribution >= 4 is 17.7 Å². The van der Waals surface area contributed by atoms with Crippen LogP contribution in [-0.2, 0) is 4.79 Å². The van der Waals surface area contributed by atoms with Gasteiger partial charge >= 0.3 is 0 Å². The van der Waals surface area contributed by atoms with Gasteiger partial charge in [-0.1, -0.05) is 26.0 Å². The molecule has 0 spiro atoms. The Bertz CT molecular complexity index is 444.